The van der Waals surface area contributed by atoms with Gasteiger partial charge < -0.3 is 15.3 Å². The van der Waals surface area contributed by atoms with Gasteiger partial charge in [0.05, 0.1) is 5.02 Å². The van der Waals surface area contributed by atoms with E-state index in [2.05, 4.69) is 21.2 Å². The Bertz CT molecular complexity index is 552. The van der Waals surface area contributed by atoms with Gasteiger partial charge in [0, 0.05) is 16.7 Å². The summed E-state index contributed by atoms with van der Waals surface area (Å²) >= 11 is 9.22. The summed E-state index contributed by atoms with van der Waals surface area (Å²) in [6, 6.07) is 3.84. The second-order valence-electron chi connectivity index (χ2n) is 4.80. The molecule has 0 aliphatic carbocycles. The zero-order valence-corrected chi connectivity index (χ0v) is 13.1. The molecule has 0 saturated carbocycles. The van der Waals surface area contributed by atoms with Crippen LogP contribution in [0.1, 0.15) is 13.3 Å². The van der Waals surface area contributed by atoms with E-state index in [9.17, 15) is 14.7 Å². The molecule has 1 aliphatic heterocycles. The van der Waals surface area contributed by atoms with Crippen LogP contribution in [0.25, 0.3) is 0 Å². The Morgan fingerprint density at radius 2 is 2.20 bits per heavy atom. The summed E-state index contributed by atoms with van der Waals surface area (Å²) in [6.45, 7) is 2.27. The van der Waals surface area contributed by atoms with E-state index < -0.39 is 18.0 Å². The second-order valence-corrected chi connectivity index (χ2v) is 6.06. The lowest BCUT2D eigenvalue weighted by Gasteiger charge is -2.23. The van der Waals surface area contributed by atoms with Crippen molar-refractivity contribution in [3.63, 3.8) is 0 Å². The Labute approximate surface area is 130 Å². The normalized spacial score (nSPS) is 21.9. The van der Waals surface area contributed by atoms with Crippen molar-refractivity contribution in [2.45, 2.75) is 19.4 Å². The number of aliphatic carboxylic acids is 1. The van der Waals surface area contributed by atoms with Gasteiger partial charge in [-0.1, -0.05) is 18.5 Å². The summed E-state index contributed by atoms with van der Waals surface area (Å²) in [5.41, 5.74) is 0.534. The largest absolute Gasteiger partial charge is 0.480 e. The molecule has 1 fully saturated rings. The molecule has 2 rings (SSSR count). The molecule has 0 radical (unpaired) electrons. The number of carbonyl (C=O) groups is 2. The summed E-state index contributed by atoms with van der Waals surface area (Å²) in [7, 11) is 0. The number of carboxylic acid groups (broad SMARTS) is 1. The number of urea groups is 1. The Hall–Kier alpha value is -1.27. The van der Waals surface area contributed by atoms with Crippen molar-refractivity contribution in [3.8, 4) is 0 Å². The van der Waals surface area contributed by atoms with Crippen molar-refractivity contribution in [1.82, 2.24) is 4.90 Å². The number of nitrogens with one attached hydrogen (secondary N) is 1. The number of carboxylic acids is 1. The summed E-state index contributed by atoms with van der Waals surface area (Å²) in [5, 5.41) is 12.4. The molecule has 0 bridgehead atoms. The first kappa shape index (κ1) is 15.1. The van der Waals surface area contributed by atoms with Crippen molar-refractivity contribution < 1.29 is 14.7 Å². The quantitative estimate of drug-likeness (QED) is 0.848. The highest BCUT2D eigenvalue weighted by atomic mass is 79.9. The third kappa shape index (κ3) is 3.07. The summed E-state index contributed by atoms with van der Waals surface area (Å²) in [4.78, 5) is 24.7. The number of anilines is 1. The fraction of sp³-hybridized carbons (Fsp3) is 0.385. The molecule has 2 atom stereocenters. The fourth-order valence-corrected chi connectivity index (χ4v) is 2.75. The molecule has 108 valence electrons. The Morgan fingerprint density at radius 3 is 2.80 bits per heavy atom. The number of carbonyl (C=O) groups excluding carboxylic acids is 1. The highest BCUT2D eigenvalue weighted by molar-refractivity contribution is 9.10. The predicted octanol–water partition coefficient (Wildman–Crippen LogP) is 3.43. The van der Waals surface area contributed by atoms with Crippen LogP contribution in [0.2, 0.25) is 5.02 Å². The van der Waals surface area contributed by atoms with Crippen molar-refractivity contribution in [3.05, 3.63) is 27.7 Å². The molecule has 1 aromatic rings. The van der Waals surface area contributed by atoms with Gasteiger partial charge >= 0.3 is 12.0 Å². The molecule has 2 amide bonds. The maximum absolute atomic E-state index is 12.2. The molecule has 0 aromatic heterocycles. The molecule has 2 N–H and O–H groups in total. The van der Waals surface area contributed by atoms with E-state index in [1.807, 2.05) is 6.92 Å². The number of benzene rings is 1. The van der Waals surface area contributed by atoms with Gasteiger partial charge in [-0.05, 0) is 46.5 Å². The Morgan fingerprint density at radius 1 is 1.50 bits per heavy atom. The van der Waals surface area contributed by atoms with Crippen LogP contribution >= 0.6 is 27.5 Å². The van der Waals surface area contributed by atoms with E-state index in [0.29, 0.717) is 23.7 Å². The monoisotopic (exact) mass is 360 g/mol. The number of likely N-dealkylation sites (tertiary alicyclic amines) is 1. The highest BCUT2D eigenvalue weighted by Gasteiger charge is 2.39. The van der Waals surface area contributed by atoms with E-state index >= 15 is 0 Å². The number of hydrogen-bond acceptors (Lipinski definition) is 2. The number of halogens is 2. The average molecular weight is 362 g/mol. The van der Waals surface area contributed by atoms with Crippen LogP contribution in [0.5, 0.6) is 0 Å². The number of amides is 2. The maximum atomic E-state index is 12.2. The molecule has 1 aromatic carbocycles. The van der Waals surface area contributed by atoms with Gasteiger partial charge in [0.15, 0.2) is 0 Å². The summed E-state index contributed by atoms with van der Waals surface area (Å²) < 4.78 is 0.732. The number of nitrogens with zero attached hydrogens (tertiary/aromatic N) is 1. The van der Waals surface area contributed by atoms with Crippen LogP contribution in [-0.4, -0.2) is 34.6 Å². The van der Waals surface area contributed by atoms with Crippen molar-refractivity contribution in [1.29, 1.82) is 0 Å². The molecular formula is C13H14BrClN2O3. The van der Waals surface area contributed by atoms with Crippen LogP contribution in [0.4, 0.5) is 10.5 Å². The zero-order chi connectivity index (χ0) is 14.9. The highest BCUT2D eigenvalue weighted by Crippen LogP contribution is 2.27. The molecule has 20 heavy (non-hydrogen) atoms. The molecule has 7 heteroatoms. The van der Waals surface area contributed by atoms with Gasteiger partial charge in [-0.2, -0.15) is 0 Å². The zero-order valence-electron chi connectivity index (χ0n) is 10.8. The van der Waals surface area contributed by atoms with Gasteiger partial charge in [-0.25, -0.2) is 9.59 Å². The minimum absolute atomic E-state index is 0.0493. The van der Waals surface area contributed by atoms with Crippen molar-refractivity contribution in [2.24, 2.45) is 5.92 Å². The molecule has 5 nitrogen and oxygen atoms in total. The first-order chi connectivity index (χ1) is 9.40. The van der Waals surface area contributed by atoms with Gasteiger partial charge in [0.25, 0.3) is 0 Å². The molecule has 1 saturated heterocycles. The third-order valence-corrected chi connectivity index (χ3v) is 4.62. The molecule has 1 aliphatic rings. The van der Waals surface area contributed by atoms with E-state index in [4.69, 9.17) is 11.6 Å². The minimum atomic E-state index is -0.973. The maximum Gasteiger partial charge on any atom is 0.326 e. The van der Waals surface area contributed by atoms with Crippen LogP contribution in [0.3, 0.4) is 0 Å². The van der Waals surface area contributed by atoms with Crippen LogP contribution in [-0.2, 0) is 4.79 Å². The Balaban J connectivity index is 2.11. The van der Waals surface area contributed by atoms with Gasteiger partial charge in [0.1, 0.15) is 6.04 Å². The van der Waals surface area contributed by atoms with E-state index in [1.54, 1.807) is 18.2 Å². The Kier molecular flexibility index (Phi) is 4.55. The first-order valence-corrected chi connectivity index (χ1v) is 7.32. The topological polar surface area (TPSA) is 69.6 Å². The predicted molar refractivity (Wildman–Crippen MR) is 80.1 cm³/mol. The first-order valence-electron chi connectivity index (χ1n) is 6.15. The fourth-order valence-electron chi connectivity index (χ4n) is 2.32. The van der Waals surface area contributed by atoms with Crippen molar-refractivity contribution in [2.75, 3.05) is 11.9 Å². The second kappa shape index (κ2) is 6.01. The lowest BCUT2D eigenvalue weighted by atomic mass is 10.0. The molecular weight excluding hydrogens is 348 g/mol. The summed E-state index contributed by atoms with van der Waals surface area (Å²) in [5.74, 6) is -1.02. The van der Waals surface area contributed by atoms with Crippen LogP contribution < -0.4 is 5.32 Å². The SMILES string of the molecule is CC1CCN(C(=O)Nc2ccc(Br)c(Cl)c2)C1C(=O)O. The standard InChI is InChI=1S/C13H14BrClN2O3/c1-7-4-5-17(11(7)12(18)19)13(20)16-8-2-3-9(14)10(15)6-8/h2-3,6-7,11H,4-5H2,1H3,(H,16,20)(H,18,19). The molecule has 2 unspecified atom stereocenters. The molecule has 1 heterocycles. The average Bonchev–Trinajstić information content (AvgIpc) is 2.76. The van der Waals surface area contributed by atoms with Crippen LogP contribution in [0.15, 0.2) is 22.7 Å². The lowest BCUT2D eigenvalue weighted by Crippen LogP contribution is -2.44. The lowest BCUT2D eigenvalue weighted by molar-refractivity contribution is -0.142. The van der Waals surface area contributed by atoms with Gasteiger partial charge in [-0.15, -0.1) is 0 Å². The third-order valence-electron chi connectivity index (χ3n) is 3.38. The van der Waals surface area contributed by atoms with Gasteiger partial charge in [-0.3, -0.25) is 0 Å². The number of rotatable bonds is 2. The summed E-state index contributed by atoms with van der Waals surface area (Å²) in [6.07, 6.45) is 0.686. The smallest absolute Gasteiger partial charge is 0.326 e. The minimum Gasteiger partial charge on any atom is -0.480 e. The van der Waals surface area contributed by atoms with Gasteiger partial charge in [0.2, 0.25) is 0 Å². The van der Waals surface area contributed by atoms with Crippen molar-refractivity contribution >= 4 is 45.2 Å². The van der Waals surface area contributed by atoms with E-state index in [0.717, 1.165) is 4.47 Å². The van der Waals surface area contributed by atoms with E-state index in [-0.39, 0.29) is 5.92 Å². The molecule has 0 spiro atoms. The number of hydrogen-bond donors (Lipinski definition) is 2. The van der Waals surface area contributed by atoms with E-state index in [1.165, 1.54) is 4.90 Å². The van der Waals surface area contributed by atoms with Crippen LogP contribution in [0, 0.1) is 5.92 Å².